The number of rotatable bonds is 7. The van der Waals surface area contributed by atoms with Crippen LogP contribution in [0, 0.1) is 0 Å². The van der Waals surface area contributed by atoms with Crippen LogP contribution < -0.4 is 15.4 Å². The molecule has 34 heavy (non-hydrogen) atoms. The minimum absolute atomic E-state index is 0.208. The highest BCUT2D eigenvalue weighted by molar-refractivity contribution is 6.03. The van der Waals surface area contributed by atoms with Crippen molar-refractivity contribution in [2.75, 3.05) is 17.7 Å². The SMILES string of the molecule is COc1ccc(NC(C)=O)cc1NC(=O)/C=C/c1cn(-c2ccccc2)nc1-c1cccnc1. The number of carbonyl (C=O) groups is 2. The van der Waals surface area contributed by atoms with Crippen molar-refractivity contribution in [1.29, 1.82) is 0 Å². The quantitative estimate of drug-likeness (QED) is 0.400. The number of nitrogens with one attached hydrogen (secondary N) is 2. The predicted octanol–water partition coefficient (Wildman–Crippen LogP) is 4.55. The lowest BCUT2D eigenvalue weighted by molar-refractivity contribution is -0.114. The normalized spacial score (nSPS) is 10.8. The van der Waals surface area contributed by atoms with E-state index in [2.05, 4.69) is 15.6 Å². The summed E-state index contributed by atoms with van der Waals surface area (Å²) >= 11 is 0. The van der Waals surface area contributed by atoms with Crippen molar-refractivity contribution < 1.29 is 14.3 Å². The molecular weight excluding hydrogens is 430 g/mol. The lowest BCUT2D eigenvalue weighted by Crippen LogP contribution is -2.10. The summed E-state index contributed by atoms with van der Waals surface area (Å²) in [5.41, 5.74) is 4.18. The molecule has 2 amide bonds. The largest absolute Gasteiger partial charge is 0.495 e. The van der Waals surface area contributed by atoms with Crippen molar-refractivity contribution in [3.63, 3.8) is 0 Å². The molecule has 0 spiro atoms. The number of methoxy groups -OCH3 is 1. The van der Waals surface area contributed by atoms with Crippen molar-refractivity contribution in [3.05, 3.63) is 90.9 Å². The number of amides is 2. The molecule has 8 nitrogen and oxygen atoms in total. The van der Waals surface area contributed by atoms with Gasteiger partial charge in [-0.05, 0) is 48.5 Å². The molecule has 0 bridgehead atoms. The van der Waals surface area contributed by atoms with Gasteiger partial charge >= 0.3 is 0 Å². The van der Waals surface area contributed by atoms with Crippen molar-refractivity contribution in [2.24, 2.45) is 0 Å². The second kappa shape index (κ2) is 10.3. The monoisotopic (exact) mass is 453 g/mol. The van der Waals surface area contributed by atoms with E-state index in [9.17, 15) is 9.59 Å². The van der Waals surface area contributed by atoms with E-state index in [1.807, 2.05) is 48.7 Å². The van der Waals surface area contributed by atoms with E-state index < -0.39 is 0 Å². The molecule has 0 unspecified atom stereocenters. The van der Waals surface area contributed by atoms with Crippen LogP contribution in [0.5, 0.6) is 5.75 Å². The fraction of sp³-hybridized carbons (Fsp3) is 0.0769. The van der Waals surface area contributed by atoms with Crippen LogP contribution in [0.1, 0.15) is 12.5 Å². The Kier molecular flexibility index (Phi) is 6.78. The molecule has 0 atom stereocenters. The van der Waals surface area contributed by atoms with Gasteiger partial charge in [0.15, 0.2) is 0 Å². The van der Waals surface area contributed by atoms with Gasteiger partial charge in [0, 0.05) is 48.4 Å². The van der Waals surface area contributed by atoms with Gasteiger partial charge in [-0.15, -0.1) is 0 Å². The number of para-hydroxylation sites is 1. The topological polar surface area (TPSA) is 98.1 Å². The molecule has 0 saturated carbocycles. The fourth-order valence-corrected chi connectivity index (χ4v) is 3.38. The van der Waals surface area contributed by atoms with E-state index in [4.69, 9.17) is 9.84 Å². The van der Waals surface area contributed by atoms with E-state index >= 15 is 0 Å². The number of carbonyl (C=O) groups excluding carboxylic acids is 2. The van der Waals surface area contributed by atoms with E-state index in [1.165, 1.54) is 20.1 Å². The summed E-state index contributed by atoms with van der Waals surface area (Å²) in [5, 5.41) is 10.2. The third-order valence-corrected chi connectivity index (χ3v) is 4.89. The lowest BCUT2D eigenvalue weighted by atomic mass is 10.1. The molecule has 8 heteroatoms. The first-order chi connectivity index (χ1) is 16.5. The van der Waals surface area contributed by atoms with Gasteiger partial charge in [-0.1, -0.05) is 18.2 Å². The maximum Gasteiger partial charge on any atom is 0.248 e. The molecule has 0 saturated heterocycles. The molecule has 2 aromatic heterocycles. The zero-order chi connectivity index (χ0) is 23.9. The molecule has 0 fully saturated rings. The molecule has 0 radical (unpaired) electrons. The number of anilines is 2. The van der Waals surface area contributed by atoms with Gasteiger partial charge in [-0.2, -0.15) is 5.10 Å². The summed E-state index contributed by atoms with van der Waals surface area (Å²) in [6.07, 6.45) is 8.42. The zero-order valence-electron chi connectivity index (χ0n) is 18.7. The maximum absolute atomic E-state index is 12.7. The van der Waals surface area contributed by atoms with Gasteiger partial charge in [-0.3, -0.25) is 14.6 Å². The van der Waals surface area contributed by atoms with Crippen LogP contribution in [-0.2, 0) is 9.59 Å². The fourth-order valence-electron chi connectivity index (χ4n) is 3.38. The number of pyridine rings is 1. The van der Waals surface area contributed by atoms with Gasteiger partial charge in [0.25, 0.3) is 0 Å². The van der Waals surface area contributed by atoms with Gasteiger partial charge in [0.1, 0.15) is 11.4 Å². The predicted molar refractivity (Wildman–Crippen MR) is 132 cm³/mol. The Balaban J connectivity index is 1.61. The summed E-state index contributed by atoms with van der Waals surface area (Å²) in [7, 11) is 1.51. The van der Waals surface area contributed by atoms with Crippen molar-refractivity contribution in [1.82, 2.24) is 14.8 Å². The Morgan fingerprint density at radius 3 is 2.56 bits per heavy atom. The number of hydrogen-bond donors (Lipinski definition) is 2. The lowest BCUT2D eigenvalue weighted by Gasteiger charge is -2.11. The number of benzene rings is 2. The minimum atomic E-state index is -0.358. The molecular formula is C26H23N5O3. The van der Waals surface area contributed by atoms with Gasteiger partial charge in [0.2, 0.25) is 11.8 Å². The van der Waals surface area contributed by atoms with Gasteiger partial charge < -0.3 is 15.4 Å². The minimum Gasteiger partial charge on any atom is -0.495 e. The number of nitrogens with zero attached hydrogens (tertiary/aromatic N) is 3. The molecule has 170 valence electrons. The molecule has 2 N–H and O–H groups in total. The van der Waals surface area contributed by atoms with Crippen molar-refractivity contribution >= 4 is 29.3 Å². The Morgan fingerprint density at radius 2 is 1.85 bits per heavy atom. The number of aromatic nitrogens is 3. The summed E-state index contributed by atoms with van der Waals surface area (Å²) in [6.45, 7) is 1.42. The summed E-state index contributed by atoms with van der Waals surface area (Å²) in [5.74, 6) is -0.0904. The van der Waals surface area contributed by atoms with Crippen LogP contribution in [0.3, 0.4) is 0 Å². The summed E-state index contributed by atoms with van der Waals surface area (Å²) in [6, 6.07) is 18.5. The highest BCUT2D eigenvalue weighted by Gasteiger charge is 2.12. The van der Waals surface area contributed by atoms with Crippen molar-refractivity contribution in [3.8, 4) is 22.7 Å². The van der Waals surface area contributed by atoms with Crippen molar-refractivity contribution in [2.45, 2.75) is 6.92 Å². The first-order valence-corrected chi connectivity index (χ1v) is 10.5. The standard InChI is InChI=1S/C26H23N5O3/c1-18(32)28-21-11-12-24(34-2)23(15-21)29-25(33)13-10-20-17-31(22-8-4-3-5-9-22)30-26(20)19-7-6-14-27-16-19/h3-17H,1-2H3,(H,28,32)(H,29,33)/b13-10+. The molecule has 4 rings (SSSR count). The Hall–Kier alpha value is -4.72. The molecule has 4 aromatic rings. The second-order valence-electron chi connectivity index (χ2n) is 7.37. The molecule has 0 aliphatic heterocycles. The van der Waals surface area contributed by atoms with Crippen LogP contribution in [0.2, 0.25) is 0 Å². The van der Waals surface area contributed by atoms with E-state index in [1.54, 1.807) is 41.4 Å². The Labute approximate surface area is 196 Å². The molecule has 2 heterocycles. The van der Waals surface area contributed by atoms with E-state index in [0.717, 1.165) is 16.8 Å². The van der Waals surface area contributed by atoms with E-state index in [-0.39, 0.29) is 11.8 Å². The third kappa shape index (κ3) is 5.36. The third-order valence-electron chi connectivity index (χ3n) is 4.89. The van der Waals surface area contributed by atoms with Crippen LogP contribution in [0.15, 0.2) is 85.3 Å². The number of ether oxygens (including phenoxy) is 1. The maximum atomic E-state index is 12.7. The van der Waals surface area contributed by atoms with Crippen LogP contribution in [0.4, 0.5) is 11.4 Å². The Bertz CT molecular complexity index is 1330. The first-order valence-electron chi connectivity index (χ1n) is 10.5. The first kappa shape index (κ1) is 22.5. The Morgan fingerprint density at radius 1 is 1.03 bits per heavy atom. The highest BCUT2D eigenvalue weighted by atomic mass is 16.5. The van der Waals surface area contributed by atoms with Gasteiger partial charge in [-0.25, -0.2) is 4.68 Å². The average molecular weight is 454 g/mol. The molecule has 0 aliphatic rings. The van der Waals surface area contributed by atoms with Gasteiger partial charge in [0.05, 0.1) is 18.5 Å². The molecule has 0 aliphatic carbocycles. The second-order valence-corrected chi connectivity index (χ2v) is 7.37. The summed E-state index contributed by atoms with van der Waals surface area (Å²) in [4.78, 5) is 28.3. The average Bonchev–Trinajstić information content (AvgIpc) is 3.28. The highest BCUT2D eigenvalue weighted by Crippen LogP contribution is 2.28. The van der Waals surface area contributed by atoms with E-state index in [0.29, 0.717) is 22.8 Å². The smallest absolute Gasteiger partial charge is 0.248 e. The van der Waals surface area contributed by atoms with Crippen LogP contribution >= 0.6 is 0 Å². The van der Waals surface area contributed by atoms with Crippen LogP contribution in [-0.4, -0.2) is 33.7 Å². The molecule has 2 aromatic carbocycles. The number of hydrogen-bond acceptors (Lipinski definition) is 5. The zero-order valence-corrected chi connectivity index (χ0v) is 18.7. The van der Waals surface area contributed by atoms with Crippen LogP contribution in [0.25, 0.3) is 23.0 Å². The summed E-state index contributed by atoms with van der Waals surface area (Å²) < 4.78 is 7.09.